The summed E-state index contributed by atoms with van der Waals surface area (Å²) in [6.07, 6.45) is -0.946. The lowest BCUT2D eigenvalue weighted by atomic mass is 10.1. The van der Waals surface area contributed by atoms with Gasteiger partial charge in [0.2, 0.25) is 0 Å². The number of nitrogens with zero attached hydrogens (tertiary/aromatic N) is 1. The SMILES string of the molecule is CCCNC(=O)c1cncc(Nc2ccccc2C(F)(F)F)c1. The largest absolute Gasteiger partial charge is 0.418 e. The molecule has 0 aliphatic heterocycles. The third-order valence-electron chi connectivity index (χ3n) is 3.05. The lowest BCUT2D eigenvalue weighted by molar-refractivity contribution is -0.136. The van der Waals surface area contributed by atoms with Gasteiger partial charge in [0.05, 0.1) is 28.7 Å². The highest BCUT2D eigenvalue weighted by atomic mass is 19.4. The van der Waals surface area contributed by atoms with Gasteiger partial charge in [-0.15, -0.1) is 0 Å². The van der Waals surface area contributed by atoms with E-state index < -0.39 is 11.7 Å². The summed E-state index contributed by atoms with van der Waals surface area (Å²) in [5.41, 5.74) is -0.271. The van der Waals surface area contributed by atoms with E-state index in [9.17, 15) is 18.0 Å². The number of alkyl halides is 3. The minimum absolute atomic E-state index is 0.0899. The van der Waals surface area contributed by atoms with Gasteiger partial charge in [-0.2, -0.15) is 13.2 Å². The molecule has 0 radical (unpaired) electrons. The molecule has 1 amide bonds. The third kappa shape index (κ3) is 4.45. The molecule has 0 saturated carbocycles. The van der Waals surface area contributed by atoms with E-state index in [1.54, 1.807) is 0 Å². The summed E-state index contributed by atoms with van der Waals surface area (Å²) < 4.78 is 38.9. The Morgan fingerprint density at radius 1 is 1.22 bits per heavy atom. The zero-order valence-electron chi connectivity index (χ0n) is 12.4. The smallest absolute Gasteiger partial charge is 0.354 e. The normalized spacial score (nSPS) is 11.1. The van der Waals surface area contributed by atoms with Crippen LogP contribution in [0.15, 0.2) is 42.7 Å². The lowest BCUT2D eigenvalue weighted by Gasteiger charge is -2.14. The van der Waals surface area contributed by atoms with Crippen molar-refractivity contribution < 1.29 is 18.0 Å². The number of amides is 1. The van der Waals surface area contributed by atoms with Crippen LogP contribution in [-0.2, 0) is 6.18 Å². The van der Waals surface area contributed by atoms with Crippen molar-refractivity contribution in [2.45, 2.75) is 19.5 Å². The molecule has 0 saturated heterocycles. The van der Waals surface area contributed by atoms with Crippen molar-refractivity contribution in [3.8, 4) is 0 Å². The van der Waals surface area contributed by atoms with E-state index in [0.717, 1.165) is 12.5 Å². The van der Waals surface area contributed by atoms with Crippen LogP contribution in [0.25, 0.3) is 0 Å². The van der Waals surface area contributed by atoms with E-state index in [4.69, 9.17) is 0 Å². The van der Waals surface area contributed by atoms with Crippen molar-refractivity contribution in [2.24, 2.45) is 0 Å². The second-order valence-corrected chi connectivity index (χ2v) is 4.89. The van der Waals surface area contributed by atoms with Crippen LogP contribution in [0.3, 0.4) is 0 Å². The van der Waals surface area contributed by atoms with Gasteiger partial charge in [0.1, 0.15) is 0 Å². The molecule has 4 nitrogen and oxygen atoms in total. The number of hydrogen-bond acceptors (Lipinski definition) is 3. The molecule has 0 aliphatic rings. The van der Waals surface area contributed by atoms with Crippen LogP contribution in [-0.4, -0.2) is 17.4 Å². The molecule has 2 N–H and O–H groups in total. The number of anilines is 2. The van der Waals surface area contributed by atoms with Crippen molar-refractivity contribution in [3.63, 3.8) is 0 Å². The first kappa shape index (κ1) is 16.8. The Balaban J connectivity index is 2.23. The highest BCUT2D eigenvalue weighted by Crippen LogP contribution is 2.35. The number of hydrogen-bond donors (Lipinski definition) is 2. The fraction of sp³-hybridized carbons (Fsp3) is 0.250. The second-order valence-electron chi connectivity index (χ2n) is 4.89. The molecule has 1 aromatic carbocycles. The zero-order chi connectivity index (χ0) is 16.9. The summed E-state index contributed by atoms with van der Waals surface area (Å²) in [5.74, 6) is -0.313. The maximum Gasteiger partial charge on any atom is 0.418 e. The summed E-state index contributed by atoms with van der Waals surface area (Å²) in [4.78, 5) is 15.8. The van der Waals surface area contributed by atoms with E-state index in [0.29, 0.717) is 12.2 Å². The van der Waals surface area contributed by atoms with E-state index in [-0.39, 0.29) is 17.2 Å². The summed E-state index contributed by atoms with van der Waals surface area (Å²) in [5, 5.41) is 5.36. The predicted octanol–water partition coefficient (Wildman–Crippen LogP) is 3.98. The highest BCUT2D eigenvalue weighted by molar-refractivity contribution is 5.94. The van der Waals surface area contributed by atoms with E-state index in [2.05, 4.69) is 15.6 Å². The first-order chi connectivity index (χ1) is 10.9. The molecule has 1 heterocycles. The average Bonchev–Trinajstić information content (AvgIpc) is 2.52. The molecular formula is C16H16F3N3O. The summed E-state index contributed by atoms with van der Waals surface area (Å²) >= 11 is 0. The second kappa shape index (κ2) is 7.13. The predicted molar refractivity (Wildman–Crippen MR) is 81.6 cm³/mol. The summed E-state index contributed by atoms with van der Waals surface area (Å²) in [6.45, 7) is 2.44. The average molecular weight is 323 g/mol. The molecule has 2 aromatic rings. The molecular weight excluding hydrogens is 307 g/mol. The Morgan fingerprint density at radius 2 is 1.96 bits per heavy atom. The fourth-order valence-corrected chi connectivity index (χ4v) is 1.97. The van der Waals surface area contributed by atoms with Gasteiger partial charge < -0.3 is 10.6 Å². The van der Waals surface area contributed by atoms with Gasteiger partial charge in [-0.1, -0.05) is 19.1 Å². The minimum Gasteiger partial charge on any atom is -0.354 e. The maximum absolute atomic E-state index is 13.0. The number of halogens is 3. The number of aromatic nitrogens is 1. The van der Waals surface area contributed by atoms with Gasteiger partial charge in [-0.25, -0.2) is 0 Å². The number of nitrogens with one attached hydrogen (secondary N) is 2. The molecule has 0 bridgehead atoms. The Kier molecular flexibility index (Phi) is 5.20. The first-order valence-corrected chi connectivity index (χ1v) is 7.08. The molecule has 0 aliphatic carbocycles. The molecule has 122 valence electrons. The Bertz CT molecular complexity index is 686. The minimum atomic E-state index is -4.47. The number of carbonyl (C=O) groups is 1. The van der Waals surface area contributed by atoms with Gasteiger partial charge in [-0.05, 0) is 24.6 Å². The molecule has 23 heavy (non-hydrogen) atoms. The van der Waals surface area contributed by atoms with E-state index >= 15 is 0 Å². The van der Waals surface area contributed by atoms with Crippen LogP contribution in [0.2, 0.25) is 0 Å². The standard InChI is InChI=1S/C16H16F3N3O/c1-2-7-21-15(23)11-8-12(10-20-9-11)22-14-6-4-3-5-13(14)16(17,18)19/h3-6,8-10,22H,2,7H2,1H3,(H,21,23). The maximum atomic E-state index is 13.0. The third-order valence-corrected chi connectivity index (χ3v) is 3.05. The molecule has 0 atom stereocenters. The fourth-order valence-electron chi connectivity index (χ4n) is 1.97. The van der Waals surface area contributed by atoms with Crippen molar-refractivity contribution >= 4 is 17.3 Å². The zero-order valence-corrected chi connectivity index (χ0v) is 12.4. The number of rotatable bonds is 5. The number of benzene rings is 1. The van der Waals surface area contributed by atoms with Gasteiger partial charge in [0.15, 0.2) is 0 Å². The number of carbonyl (C=O) groups excluding carboxylic acids is 1. The number of pyridine rings is 1. The molecule has 0 fully saturated rings. The van der Waals surface area contributed by atoms with E-state index in [1.807, 2.05) is 6.92 Å². The van der Waals surface area contributed by atoms with Gasteiger partial charge in [0, 0.05) is 12.7 Å². The Hall–Kier alpha value is -2.57. The van der Waals surface area contributed by atoms with Crippen LogP contribution >= 0.6 is 0 Å². The van der Waals surface area contributed by atoms with Crippen LogP contribution in [0.4, 0.5) is 24.5 Å². The molecule has 0 spiro atoms. The van der Waals surface area contributed by atoms with Crippen LogP contribution in [0, 0.1) is 0 Å². The van der Waals surface area contributed by atoms with E-state index in [1.165, 1.54) is 36.7 Å². The Morgan fingerprint density at radius 3 is 2.65 bits per heavy atom. The topological polar surface area (TPSA) is 54.0 Å². The monoisotopic (exact) mass is 323 g/mol. The van der Waals surface area contributed by atoms with Gasteiger partial charge in [0.25, 0.3) is 5.91 Å². The Labute approximate surface area is 131 Å². The molecule has 7 heteroatoms. The molecule has 0 unspecified atom stereocenters. The quantitative estimate of drug-likeness (QED) is 0.875. The highest BCUT2D eigenvalue weighted by Gasteiger charge is 2.33. The van der Waals surface area contributed by atoms with Crippen molar-refractivity contribution in [2.75, 3.05) is 11.9 Å². The van der Waals surface area contributed by atoms with Crippen LogP contribution in [0.5, 0.6) is 0 Å². The first-order valence-electron chi connectivity index (χ1n) is 7.08. The summed E-state index contributed by atoms with van der Waals surface area (Å²) in [6, 6.07) is 6.61. The van der Waals surface area contributed by atoms with Crippen molar-refractivity contribution in [1.29, 1.82) is 0 Å². The van der Waals surface area contributed by atoms with Crippen LogP contribution < -0.4 is 10.6 Å². The lowest BCUT2D eigenvalue weighted by Crippen LogP contribution is -2.24. The number of para-hydroxylation sites is 1. The van der Waals surface area contributed by atoms with Gasteiger partial charge in [-0.3, -0.25) is 9.78 Å². The molecule has 1 aromatic heterocycles. The van der Waals surface area contributed by atoms with Crippen molar-refractivity contribution in [3.05, 3.63) is 53.9 Å². The van der Waals surface area contributed by atoms with Gasteiger partial charge >= 0.3 is 6.18 Å². The van der Waals surface area contributed by atoms with Crippen molar-refractivity contribution in [1.82, 2.24) is 10.3 Å². The van der Waals surface area contributed by atoms with Crippen LogP contribution in [0.1, 0.15) is 29.3 Å². The molecule has 2 rings (SSSR count). The summed E-state index contributed by atoms with van der Waals surface area (Å²) in [7, 11) is 0.